The van der Waals surface area contributed by atoms with E-state index in [1.165, 1.54) is 6.92 Å². The molecule has 2 bridgehead atoms. The molecule has 0 amide bonds. The van der Waals surface area contributed by atoms with E-state index in [1.54, 1.807) is 0 Å². The molecule has 4 nitrogen and oxygen atoms in total. The zero-order valence-electron chi connectivity index (χ0n) is 7.58. The van der Waals surface area contributed by atoms with E-state index in [-0.39, 0.29) is 29.9 Å². The third-order valence-corrected chi connectivity index (χ3v) is 2.65. The summed E-state index contributed by atoms with van der Waals surface area (Å²) in [6.07, 6.45) is 1.80. The second-order valence-electron chi connectivity index (χ2n) is 3.80. The van der Waals surface area contributed by atoms with E-state index in [2.05, 4.69) is 5.32 Å². The molecule has 0 spiro atoms. The maximum Gasteiger partial charge on any atom is 0.302 e. The molecule has 1 N–H and O–H groups in total. The fourth-order valence-corrected chi connectivity index (χ4v) is 2.20. The maximum absolute atomic E-state index is 11.2. The van der Waals surface area contributed by atoms with Gasteiger partial charge in [0.05, 0.1) is 6.04 Å². The molecular weight excluding hydrogens is 170 g/mol. The van der Waals surface area contributed by atoms with Gasteiger partial charge in [-0.1, -0.05) is 0 Å². The van der Waals surface area contributed by atoms with E-state index < -0.39 is 0 Å². The quantitative estimate of drug-likeness (QED) is 0.582. The number of carbonyl (C=O) groups excluding carboxylic acids is 2. The number of nitrogens with one attached hydrogen (secondary N) is 1. The SMILES string of the molecule is CC(=O)O[C@H]1C[C@@H]2CC(=O)C[C@@H]1N2. The largest absolute Gasteiger partial charge is 0.461 e. The monoisotopic (exact) mass is 183 g/mol. The molecular formula is C9H13NO3. The van der Waals surface area contributed by atoms with Crippen molar-refractivity contribution in [2.24, 2.45) is 0 Å². The average Bonchev–Trinajstić information content (AvgIpc) is 2.25. The van der Waals surface area contributed by atoms with Gasteiger partial charge in [-0.3, -0.25) is 9.59 Å². The zero-order valence-corrected chi connectivity index (χ0v) is 7.58. The first-order chi connectivity index (χ1) is 6.15. The van der Waals surface area contributed by atoms with Gasteiger partial charge in [-0.05, 0) is 0 Å². The van der Waals surface area contributed by atoms with Gasteiger partial charge in [0.15, 0.2) is 0 Å². The van der Waals surface area contributed by atoms with E-state index in [9.17, 15) is 9.59 Å². The Morgan fingerprint density at radius 3 is 3.00 bits per heavy atom. The van der Waals surface area contributed by atoms with E-state index in [4.69, 9.17) is 4.74 Å². The van der Waals surface area contributed by atoms with Crippen molar-refractivity contribution in [1.82, 2.24) is 5.32 Å². The Morgan fingerprint density at radius 2 is 2.31 bits per heavy atom. The molecule has 3 atom stereocenters. The lowest BCUT2D eigenvalue weighted by Gasteiger charge is -2.21. The molecule has 0 aromatic rings. The highest BCUT2D eigenvalue weighted by Gasteiger charge is 2.41. The molecule has 0 unspecified atom stereocenters. The molecule has 0 radical (unpaired) electrons. The van der Waals surface area contributed by atoms with Crippen LogP contribution in [0.1, 0.15) is 26.2 Å². The van der Waals surface area contributed by atoms with Gasteiger partial charge in [0.25, 0.3) is 0 Å². The summed E-state index contributed by atoms with van der Waals surface area (Å²) in [6, 6.07) is 0.297. The number of ketones is 1. The molecule has 2 saturated heterocycles. The number of fused-ring (bicyclic) bond motifs is 2. The molecule has 2 fully saturated rings. The second kappa shape index (κ2) is 3.10. The van der Waals surface area contributed by atoms with Gasteiger partial charge in [-0.25, -0.2) is 0 Å². The number of rotatable bonds is 1. The van der Waals surface area contributed by atoms with Gasteiger partial charge in [0, 0.05) is 32.2 Å². The van der Waals surface area contributed by atoms with Crippen molar-refractivity contribution in [2.75, 3.05) is 0 Å². The molecule has 13 heavy (non-hydrogen) atoms. The van der Waals surface area contributed by atoms with Crippen LogP contribution in [0, 0.1) is 0 Å². The Hall–Kier alpha value is -0.900. The number of carbonyl (C=O) groups is 2. The molecule has 0 aliphatic carbocycles. The van der Waals surface area contributed by atoms with Gasteiger partial charge in [-0.2, -0.15) is 0 Å². The summed E-state index contributed by atoms with van der Waals surface area (Å²) < 4.78 is 5.12. The standard InChI is InChI=1S/C9H13NO3/c1-5(11)13-9-3-6-2-7(12)4-8(9)10-6/h6,8-10H,2-4H2,1H3/t6-,8-,9-/m0/s1. The Labute approximate surface area is 76.6 Å². The molecule has 0 aromatic carbocycles. The molecule has 4 heteroatoms. The minimum absolute atomic E-state index is 0.0650. The van der Waals surface area contributed by atoms with E-state index in [0.29, 0.717) is 12.8 Å². The van der Waals surface area contributed by atoms with Crippen molar-refractivity contribution in [3.8, 4) is 0 Å². The van der Waals surface area contributed by atoms with E-state index in [1.807, 2.05) is 0 Å². The van der Waals surface area contributed by atoms with Crippen LogP contribution < -0.4 is 5.32 Å². The topological polar surface area (TPSA) is 55.4 Å². The normalized spacial score (nSPS) is 37.6. The summed E-state index contributed by atoms with van der Waals surface area (Å²) in [6.45, 7) is 1.41. The number of ether oxygens (including phenoxy) is 1. The maximum atomic E-state index is 11.2. The third-order valence-electron chi connectivity index (χ3n) is 2.65. The Balaban J connectivity index is 2.01. The van der Waals surface area contributed by atoms with Crippen molar-refractivity contribution in [1.29, 1.82) is 0 Å². The van der Waals surface area contributed by atoms with Gasteiger partial charge in [0.2, 0.25) is 0 Å². The van der Waals surface area contributed by atoms with Gasteiger partial charge < -0.3 is 10.1 Å². The summed E-state index contributed by atoms with van der Waals surface area (Å²) in [7, 11) is 0. The van der Waals surface area contributed by atoms with Crippen molar-refractivity contribution in [2.45, 2.75) is 44.4 Å². The Bertz CT molecular complexity index is 251. The smallest absolute Gasteiger partial charge is 0.302 e. The van der Waals surface area contributed by atoms with Crippen LogP contribution in [0.3, 0.4) is 0 Å². The molecule has 0 aromatic heterocycles. The summed E-state index contributed by atoms with van der Waals surface area (Å²) >= 11 is 0. The molecule has 2 aliphatic rings. The fourth-order valence-electron chi connectivity index (χ4n) is 2.20. The molecule has 2 aliphatic heterocycles. The zero-order chi connectivity index (χ0) is 9.42. The first-order valence-corrected chi connectivity index (χ1v) is 4.60. The molecule has 2 heterocycles. The number of hydrogen-bond acceptors (Lipinski definition) is 4. The van der Waals surface area contributed by atoms with E-state index in [0.717, 1.165) is 6.42 Å². The van der Waals surface area contributed by atoms with Crippen LogP contribution in [0.5, 0.6) is 0 Å². The lowest BCUT2D eigenvalue weighted by Crippen LogP contribution is -2.41. The number of piperidine rings is 1. The molecule has 72 valence electrons. The Kier molecular flexibility index (Phi) is 2.07. The number of hydrogen-bond donors (Lipinski definition) is 1. The van der Waals surface area contributed by atoms with Crippen LogP contribution in [0.4, 0.5) is 0 Å². The summed E-state index contributed by atoms with van der Waals surface area (Å²) in [5.74, 6) is 0.0233. The van der Waals surface area contributed by atoms with Crippen LogP contribution >= 0.6 is 0 Å². The molecule has 0 saturated carbocycles. The summed E-state index contributed by atoms with van der Waals surface area (Å²) in [5.41, 5.74) is 0. The van der Waals surface area contributed by atoms with E-state index >= 15 is 0 Å². The Morgan fingerprint density at radius 1 is 1.54 bits per heavy atom. The minimum Gasteiger partial charge on any atom is -0.461 e. The predicted octanol–water partition coefficient (Wildman–Crippen LogP) is 0.0115. The predicted molar refractivity (Wildman–Crippen MR) is 45.1 cm³/mol. The lowest BCUT2D eigenvalue weighted by atomic mass is 10.0. The van der Waals surface area contributed by atoms with Crippen LogP contribution in [0.25, 0.3) is 0 Å². The summed E-state index contributed by atoms with van der Waals surface area (Å²) in [5, 5.41) is 3.28. The van der Waals surface area contributed by atoms with Crippen molar-refractivity contribution in [3.63, 3.8) is 0 Å². The van der Waals surface area contributed by atoms with Crippen LogP contribution in [-0.2, 0) is 14.3 Å². The van der Waals surface area contributed by atoms with Crippen LogP contribution in [-0.4, -0.2) is 29.9 Å². The third kappa shape index (κ3) is 1.72. The van der Waals surface area contributed by atoms with Gasteiger partial charge in [0.1, 0.15) is 11.9 Å². The van der Waals surface area contributed by atoms with Gasteiger partial charge >= 0.3 is 5.97 Å². The van der Waals surface area contributed by atoms with Gasteiger partial charge in [-0.15, -0.1) is 0 Å². The highest BCUT2D eigenvalue weighted by molar-refractivity contribution is 5.81. The average molecular weight is 183 g/mol. The van der Waals surface area contributed by atoms with Crippen LogP contribution in [0.15, 0.2) is 0 Å². The second-order valence-corrected chi connectivity index (χ2v) is 3.80. The fraction of sp³-hybridized carbons (Fsp3) is 0.778. The lowest BCUT2D eigenvalue weighted by molar-refractivity contribution is -0.147. The number of Topliss-reactive ketones (excluding diaryl/α,β-unsaturated/α-hetero) is 1. The van der Waals surface area contributed by atoms with Crippen molar-refractivity contribution >= 4 is 11.8 Å². The van der Waals surface area contributed by atoms with Crippen LogP contribution in [0.2, 0.25) is 0 Å². The minimum atomic E-state index is -0.258. The van der Waals surface area contributed by atoms with Crippen molar-refractivity contribution < 1.29 is 14.3 Å². The molecule has 2 rings (SSSR count). The van der Waals surface area contributed by atoms with Crippen molar-refractivity contribution in [3.05, 3.63) is 0 Å². The summed E-state index contributed by atoms with van der Waals surface area (Å²) in [4.78, 5) is 21.9. The first-order valence-electron chi connectivity index (χ1n) is 4.60. The highest BCUT2D eigenvalue weighted by Crippen LogP contribution is 2.27. The highest BCUT2D eigenvalue weighted by atomic mass is 16.5. The first kappa shape index (κ1) is 8.69. The number of esters is 1.